The topological polar surface area (TPSA) is 84.2 Å². The summed E-state index contributed by atoms with van der Waals surface area (Å²) < 4.78 is 26.0. The maximum absolute atomic E-state index is 14.0. The second kappa shape index (κ2) is 10.0. The number of rotatable bonds is 5. The van der Waals surface area contributed by atoms with Crippen LogP contribution in [0.2, 0.25) is 20.1 Å². The van der Waals surface area contributed by atoms with Gasteiger partial charge in [-0.15, -0.1) is 23.2 Å². The number of hydrogen-bond donors (Lipinski definition) is 3. The maximum Gasteiger partial charge on any atom is 0.257 e. The molecular formula is C23H13Cl6F2N3O2. The Morgan fingerprint density at radius 2 is 1.50 bits per heavy atom. The van der Waals surface area contributed by atoms with Crippen LogP contribution in [-0.2, 0) is 4.79 Å². The summed E-state index contributed by atoms with van der Waals surface area (Å²) in [6, 6.07) is 8.62. The van der Waals surface area contributed by atoms with E-state index in [0.717, 1.165) is 6.07 Å². The van der Waals surface area contributed by atoms with Gasteiger partial charge in [0.1, 0.15) is 16.0 Å². The Hall–Kier alpha value is -2.00. The lowest BCUT2D eigenvalue weighted by Gasteiger charge is -2.11. The van der Waals surface area contributed by atoms with Crippen LogP contribution in [0.3, 0.4) is 0 Å². The van der Waals surface area contributed by atoms with Gasteiger partial charge in [-0.2, -0.15) is 0 Å². The molecule has 4 N–H and O–H groups in total. The van der Waals surface area contributed by atoms with Crippen molar-refractivity contribution in [2.24, 2.45) is 5.92 Å². The first-order valence-electron chi connectivity index (χ1n) is 9.99. The molecule has 0 radical (unpaired) electrons. The molecule has 3 aromatic rings. The van der Waals surface area contributed by atoms with Gasteiger partial charge in [0.25, 0.3) is 5.91 Å². The van der Waals surface area contributed by atoms with Crippen molar-refractivity contribution in [1.82, 2.24) is 0 Å². The van der Waals surface area contributed by atoms with Crippen LogP contribution in [0, 0.1) is 17.6 Å². The summed E-state index contributed by atoms with van der Waals surface area (Å²) in [5, 5.41) is 5.44. The van der Waals surface area contributed by atoms with Gasteiger partial charge in [-0.1, -0.05) is 46.4 Å². The number of anilines is 3. The standard InChI is InChI=1S/C23H13Cl6F2N3O2/c24-11-2-1-9(5-10(11)21(35)34-17-7-16(32)14(30)6-15(17)31)33-22(36)19-18(23(19,28)29)8-3-12(25)20(27)13(26)4-8/h1-7,18-19H,32H2,(H,33,36)(H,34,35)/t18-,19?/m0/s1. The summed E-state index contributed by atoms with van der Waals surface area (Å²) in [4.78, 5) is 25.7. The van der Waals surface area contributed by atoms with Gasteiger partial charge in [-0.05, 0) is 42.0 Å². The summed E-state index contributed by atoms with van der Waals surface area (Å²) in [7, 11) is 0. The quantitative estimate of drug-likeness (QED) is 0.155. The Labute approximate surface area is 233 Å². The number of halogens is 8. The predicted octanol–water partition coefficient (Wildman–Crippen LogP) is 7.94. The molecule has 0 saturated heterocycles. The number of benzene rings is 3. The number of nitrogen functional groups attached to an aromatic ring is 1. The zero-order chi connectivity index (χ0) is 26.5. The molecule has 13 heteroatoms. The van der Waals surface area contributed by atoms with E-state index in [-0.39, 0.29) is 42.7 Å². The van der Waals surface area contributed by atoms with Gasteiger partial charge in [0.2, 0.25) is 5.91 Å². The Morgan fingerprint density at radius 3 is 2.14 bits per heavy atom. The first-order chi connectivity index (χ1) is 16.8. The summed E-state index contributed by atoms with van der Waals surface area (Å²) in [6.07, 6.45) is 0. The Bertz CT molecular complexity index is 1400. The number of amides is 2. The van der Waals surface area contributed by atoms with Gasteiger partial charge in [-0.25, -0.2) is 8.78 Å². The van der Waals surface area contributed by atoms with Crippen molar-refractivity contribution in [2.45, 2.75) is 10.3 Å². The number of nitrogens with two attached hydrogens (primary N) is 1. The molecule has 2 atom stereocenters. The molecule has 5 nitrogen and oxygen atoms in total. The van der Waals surface area contributed by atoms with Crippen molar-refractivity contribution < 1.29 is 18.4 Å². The van der Waals surface area contributed by atoms with Crippen LogP contribution in [0.1, 0.15) is 21.8 Å². The van der Waals surface area contributed by atoms with E-state index in [1.807, 2.05) is 0 Å². The minimum Gasteiger partial charge on any atom is -0.396 e. The molecule has 0 aromatic heterocycles. The van der Waals surface area contributed by atoms with E-state index in [9.17, 15) is 18.4 Å². The molecule has 4 rings (SSSR count). The molecule has 0 spiro atoms. The van der Waals surface area contributed by atoms with Crippen molar-refractivity contribution in [2.75, 3.05) is 16.4 Å². The van der Waals surface area contributed by atoms with Crippen LogP contribution in [0.15, 0.2) is 42.5 Å². The third kappa shape index (κ3) is 5.19. The summed E-state index contributed by atoms with van der Waals surface area (Å²) in [5.74, 6) is -4.87. The van der Waals surface area contributed by atoms with Gasteiger partial charge in [0.05, 0.1) is 42.9 Å². The summed E-state index contributed by atoms with van der Waals surface area (Å²) in [6.45, 7) is 0. The van der Waals surface area contributed by atoms with Crippen LogP contribution < -0.4 is 16.4 Å². The highest BCUT2D eigenvalue weighted by molar-refractivity contribution is 6.54. The molecule has 1 saturated carbocycles. The molecule has 2 amide bonds. The highest BCUT2D eigenvalue weighted by Gasteiger charge is 2.67. The number of hydrogen-bond acceptors (Lipinski definition) is 3. The first-order valence-corrected chi connectivity index (χ1v) is 12.3. The second-order valence-electron chi connectivity index (χ2n) is 7.92. The van der Waals surface area contributed by atoms with E-state index in [0.29, 0.717) is 11.6 Å². The molecule has 1 fully saturated rings. The van der Waals surface area contributed by atoms with Gasteiger partial charge < -0.3 is 16.4 Å². The van der Waals surface area contributed by atoms with Crippen LogP contribution in [0.4, 0.5) is 25.8 Å². The van der Waals surface area contributed by atoms with E-state index < -0.39 is 39.6 Å². The van der Waals surface area contributed by atoms with Crippen molar-refractivity contribution in [3.8, 4) is 0 Å². The first kappa shape index (κ1) is 27.0. The third-order valence-electron chi connectivity index (χ3n) is 5.51. The van der Waals surface area contributed by atoms with E-state index in [1.54, 1.807) is 0 Å². The molecule has 36 heavy (non-hydrogen) atoms. The largest absolute Gasteiger partial charge is 0.396 e. The third-order valence-corrected chi connectivity index (χ3v) is 7.98. The zero-order valence-electron chi connectivity index (χ0n) is 17.6. The molecular weight excluding hydrogens is 601 g/mol. The Balaban J connectivity index is 1.53. The minimum atomic E-state index is -1.45. The van der Waals surface area contributed by atoms with Crippen molar-refractivity contribution in [3.63, 3.8) is 0 Å². The van der Waals surface area contributed by atoms with Crippen molar-refractivity contribution in [1.29, 1.82) is 0 Å². The van der Waals surface area contributed by atoms with E-state index in [2.05, 4.69) is 10.6 Å². The normalized spacial score (nSPS) is 18.0. The SMILES string of the molecule is Nc1cc(NC(=O)c2cc(NC(=O)C3[C@H](c4cc(Cl)c(Cl)c(Cl)c4)C3(Cl)Cl)ccc2Cl)c(F)cc1F. The van der Waals surface area contributed by atoms with Crippen LogP contribution in [0.25, 0.3) is 0 Å². The fourth-order valence-corrected chi connectivity index (χ4v) is 5.32. The lowest BCUT2D eigenvalue weighted by atomic mass is 10.1. The molecule has 0 heterocycles. The van der Waals surface area contributed by atoms with Gasteiger partial charge in [0.15, 0.2) is 0 Å². The van der Waals surface area contributed by atoms with Gasteiger partial charge >= 0.3 is 0 Å². The number of carbonyl (C=O) groups excluding carboxylic acids is 2. The molecule has 1 aliphatic carbocycles. The van der Waals surface area contributed by atoms with E-state index >= 15 is 0 Å². The molecule has 0 bridgehead atoms. The second-order valence-corrected chi connectivity index (χ2v) is 11.0. The highest BCUT2D eigenvalue weighted by Crippen LogP contribution is 2.65. The average Bonchev–Trinajstić information content (AvgIpc) is 3.38. The fourth-order valence-electron chi connectivity index (χ4n) is 3.67. The highest BCUT2D eigenvalue weighted by atomic mass is 35.5. The van der Waals surface area contributed by atoms with Crippen LogP contribution >= 0.6 is 69.6 Å². The Morgan fingerprint density at radius 1 is 0.861 bits per heavy atom. The van der Waals surface area contributed by atoms with Crippen molar-refractivity contribution in [3.05, 3.63) is 85.3 Å². The number of carbonyl (C=O) groups is 2. The zero-order valence-corrected chi connectivity index (χ0v) is 22.1. The minimum absolute atomic E-state index is 0.0137. The number of nitrogens with one attached hydrogen (secondary N) is 2. The fraction of sp³-hybridized carbons (Fsp3) is 0.130. The van der Waals surface area contributed by atoms with E-state index in [4.69, 9.17) is 75.3 Å². The molecule has 188 valence electrons. The maximum atomic E-state index is 14.0. The smallest absolute Gasteiger partial charge is 0.257 e. The molecule has 0 aliphatic heterocycles. The summed E-state index contributed by atoms with van der Waals surface area (Å²) in [5.41, 5.74) is 5.35. The van der Waals surface area contributed by atoms with Crippen molar-refractivity contribution >= 4 is 98.5 Å². The number of alkyl halides is 2. The molecule has 3 aromatic carbocycles. The molecule has 1 aliphatic rings. The monoisotopic (exact) mass is 611 g/mol. The lowest BCUT2D eigenvalue weighted by molar-refractivity contribution is -0.117. The van der Waals surface area contributed by atoms with Gasteiger partial charge in [-0.3, -0.25) is 9.59 Å². The Kier molecular flexibility index (Phi) is 7.55. The van der Waals surface area contributed by atoms with Gasteiger partial charge in [0, 0.05) is 17.7 Å². The average molecular weight is 614 g/mol. The van der Waals surface area contributed by atoms with Crippen LogP contribution in [0.5, 0.6) is 0 Å². The molecule has 1 unspecified atom stereocenters. The van der Waals surface area contributed by atoms with E-state index in [1.165, 1.54) is 30.3 Å². The van der Waals surface area contributed by atoms with Crippen LogP contribution in [-0.4, -0.2) is 16.1 Å². The lowest BCUT2D eigenvalue weighted by Crippen LogP contribution is -2.18. The predicted molar refractivity (Wildman–Crippen MR) is 141 cm³/mol. The summed E-state index contributed by atoms with van der Waals surface area (Å²) >= 11 is 37.0.